The van der Waals surface area contributed by atoms with Crippen LogP contribution >= 0.6 is 15.9 Å². The van der Waals surface area contributed by atoms with Gasteiger partial charge in [-0.05, 0) is 42.0 Å². The number of pyridine rings is 1. The van der Waals surface area contributed by atoms with E-state index >= 15 is 0 Å². The SMILES string of the molecule is CNCCc1c(C)nc2c(Br)cccn12. The van der Waals surface area contributed by atoms with Crippen LogP contribution in [0.5, 0.6) is 0 Å². The molecule has 0 amide bonds. The average molecular weight is 268 g/mol. The summed E-state index contributed by atoms with van der Waals surface area (Å²) in [7, 11) is 1.97. The highest BCUT2D eigenvalue weighted by atomic mass is 79.9. The first-order valence-corrected chi connectivity index (χ1v) is 5.80. The summed E-state index contributed by atoms with van der Waals surface area (Å²) < 4.78 is 3.19. The highest BCUT2D eigenvalue weighted by Crippen LogP contribution is 2.20. The molecule has 0 unspecified atom stereocenters. The number of nitrogens with zero attached hydrogens (tertiary/aromatic N) is 2. The second-order valence-electron chi connectivity index (χ2n) is 3.55. The summed E-state index contributed by atoms with van der Waals surface area (Å²) in [6, 6.07) is 4.05. The molecule has 0 aromatic carbocycles. The molecule has 0 aliphatic heterocycles. The minimum absolute atomic E-state index is 0.973. The fourth-order valence-corrected chi connectivity index (χ4v) is 2.17. The van der Waals surface area contributed by atoms with Gasteiger partial charge < -0.3 is 9.72 Å². The number of imidazole rings is 1. The number of aryl methyl sites for hydroxylation is 1. The van der Waals surface area contributed by atoms with Crippen molar-refractivity contribution in [1.82, 2.24) is 14.7 Å². The van der Waals surface area contributed by atoms with E-state index in [1.54, 1.807) is 0 Å². The normalized spacial score (nSPS) is 11.1. The Kier molecular flexibility index (Phi) is 3.07. The minimum atomic E-state index is 0.973. The first-order chi connectivity index (χ1) is 7.24. The molecule has 2 aromatic heterocycles. The van der Waals surface area contributed by atoms with Gasteiger partial charge in [-0.15, -0.1) is 0 Å². The van der Waals surface area contributed by atoms with E-state index in [1.807, 2.05) is 19.2 Å². The van der Waals surface area contributed by atoms with E-state index in [4.69, 9.17) is 0 Å². The van der Waals surface area contributed by atoms with Gasteiger partial charge in [0.2, 0.25) is 0 Å². The van der Waals surface area contributed by atoms with Crippen molar-refractivity contribution in [3.05, 3.63) is 34.2 Å². The van der Waals surface area contributed by atoms with Crippen molar-refractivity contribution in [1.29, 1.82) is 0 Å². The highest BCUT2D eigenvalue weighted by Gasteiger charge is 2.09. The Hall–Kier alpha value is -0.870. The monoisotopic (exact) mass is 267 g/mol. The van der Waals surface area contributed by atoms with Crippen molar-refractivity contribution in [3.63, 3.8) is 0 Å². The van der Waals surface area contributed by atoms with Gasteiger partial charge in [0.15, 0.2) is 5.65 Å². The number of nitrogens with one attached hydrogen (secondary N) is 1. The third-order valence-electron chi connectivity index (χ3n) is 2.51. The fraction of sp³-hybridized carbons (Fsp3) is 0.364. The topological polar surface area (TPSA) is 29.3 Å². The molecule has 80 valence electrons. The van der Waals surface area contributed by atoms with E-state index in [2.05, 4.69) is 43.8 Å². The lowest BCUT2D eigenvalue weighted by Crippen LogP contribution is -2.12. The van der Waals surface area contributed by atoms with Crippen molar-refractivity contribution in [2.24, 2.45) is 0 Å². The predicted octanol–water partition coefficient (Wildman–Crippen LogP) is 2.17. The van der Waals surface area contributed by atoms with Crippen LogP contribution in [0, 0.1) is 6.92 Å². The third kappa shape index (κ3) is 1.92. The Labute approximate surface area is 97.6 Å². The Morgan fingerprint density at radius 3 is 3.07 bits per heavy atom. The molecule has 0 saturated heterocycles. The number of hydrogen-bond acceptors (Lipinski definition) is 2. The average Bonchev–Trinajstić information content (AvgIpc) is 2.54. The quantitative estimate of drug-likeness (QED) is 0.924. The summed E-state index contributed by atoms with van der Waals surface area (Å²) in [4.78, 5) is 4.55. The number of aromatic nitrogens is 2. The van der Waals surface area contributed by atoms with Crippen LogP contribution in [-0.4, -0.2) is 23.0 Å². The maximum absolute atomic E-state index is 4.55. The van der Waals surface area contributed by atoms with Gasteiger partial charge in [-0.3, -0.25) is 0 Å². The molecule has 2 aromatic rings. The molecule has 2 heterocycles. The zero-order chi connectivity index (χ0) is 10.8. The smallest absolute Gasteiger partial charge is 0.151 e. The second-order valence-corrected chi connectivity index (χ2v) is 4.40. The zero-order valence-corrected chi connectivity index (χ0v) is 10.5. The van der Waals surface area contributed by atoms with Gasteiger partial charge in [-0.25, -0.2) is 4.98 Å². The van der Waals surface area contributed by atoms with Gasteiger partial charge in [0.1, 0.15) is 0 Å². The van der Waals surface area contributed by atoms with E-state index in [-0.39, 0.29) is 0 Å². The van der Waals surface area contributed by atoms with Crippen LogP contribution in [0.4, 0.5) is 0 Å². The zero-order valence-electron chi connectivity index (χ0n) is 8.92. The van der Waals surface area contributed by atoms with E-state index in [1.165, 1.54) is 5.69 Å². The highest BCUT2D eigenvalue weighted by molar-refractivity contribution is 9.10. The van der Waals surface area contributed by atoms with Crippen molar-refractivity contribution in [3.8, 4) is 0 Å². The first kappa shape index (κ1) is 10.6. The number of rotatable bonds is 3. The van der Waals surface area contributed by atoms with Gasteiger partial charge in [0.25, 0.3) is 0 Å². The molecule has 0 spiro atoms. The van der Waals surface area contributed by atoms with Crippen molar-refractivity contribution < 1.29 is 0 Å². The lowest BCUT2D eigenvalue weighted by Gasteiger charge is -2.02. The number of likely N-dealkylation sites (N-methyl/N-ethyl adjacent to an activating group) is 1. The van der Waals surface area contributed by atoms with Crippen LogP contribution < -0.4 is 5.32 Å². The molecule has 2 rings (SSSR count). The largest absolute Gasteiger partial charge is 0.319 e. The molecule has 0 radical (unpaired) electrons. The van der Waals surface area contributed by atoms with Crippen LogP contribution in [0.15, 0.2) is 22.8 Å². The second kappa shape index (κ2) is 4.33. The molecule has 0 fully saturated rings. The van der Waals surface area contributed by atoms with Crippen LogP contribution in [0.2, 0.25) is 0 Å². The summed E-state index contributed by atoms with van der Waals surface area (Å²) in [5, 5.41) is 3.16. The number of fused-ring (bicyclic) bond motifs is 1. The van der Waals surface area contributed by atoms with Gasteiger partial charge in [0.05, 0.1) is 10.2 Å². The Morgan fingerprint density at radius 1 is 1.53 bits per heavy atom. The summed E-state index contributed by atoms with van der Waals surface area (Å²) in [5.41, 5.74) is 3.39. The summed E-state index contributed by atoms with van der Waals surface area (Å²) in [5.74, 6) is 0. The molecule has 0 atom stereocenters. The van der Waals surface area contributed by atoms with Crippen molar-refractivity contribution >= 4 is 21.6 Å². The molecular formula is C11H14BrN3. The van der Waals surface area contributed by atoms with Gasteiger partial charge in [-0.1, -0.05) is 0 Å². The third-order valence-corrected chi connectivity index (χ3v) is 3.13. The lowest BCUT2D eigenvalue weighted by molar-refractivity contribution is 0.767. The molecule has 0 aliphatic carbocycles. The van der Waals surface area contributed by atoms with Gasteiger partial charge in [-0.2, -0.15) is 0 Å². The summed E-state index contributed by atoms with van der Waals surface area (Å²) in [6.45, 7) is 3.03. The molecule has 0 bridgehead atoms. The molecule has 1 N–H and O–H groups in total. The summed E-state index contributed by atoms with van der Waals surface area (Å²) >= 11 is 3.51. The number of hydrogen-bond donors (Lipinski definition) is 1. The van der Waals surface area contributed by atoms with E-state index in [0.717, 1.165) is 28.8 Å². The minimum Gasteiger partial charge on any atom is -0.319 e. The van der Waals surface area contributed by atoms with Gasteiger partial charge >= 0.3 is 0 Å². The van der Waals surface area contributed by atoms with Crippen LogP contribution in [0.3, 0.4) is 0 Å². The van der Waals surface area contributed by atoms with Crippen LogP contribution in [0.1, 0.15) is 11.4 Å². The molecule has 0 aliphatic rings. The lowest BCUT2D eigenvalue weighted by atomic mass is 10.2. The Bertz CT molecular complexity index is 476. The standard InChI is InChI=1S/C11H14BrN3/c1-8-10(5-6-13-2)15-7-3-4-9(12)11(15)14-8/h3-4,7,13H,5-6H2,1-2H3. The predicted molar refractivity (Wildman–Crippen MR) is 65.3 cm³/mol. The van der Waals surface area contributed by atoms with Crippen molar-refractivity contribution in [2.45, 2.75) is 13.3 Å². The molecule has 3 nitrogen and oxygen atoms in total. The molecule has 15 heavy (non-hydrogen) atoms. The van der Waals surface area contributed by atoms with Crippen LogP contribution in [0.25, 0.3) is 5.65 Å². The van der Waals surface area contributed by atoms with Gasteiger partial charge in [0, 0.05) is 24.9 Å². The summed E-state index contributed by atoms with van der Waals surface area (Å²) in [6.07, 6.45) is 3.06. The van der Waals surface area contributed by atoms with E-state index < -0.39 is 0 Å². The Balaban J connectivity index is 2.53. The van der Waals surface area contributed by atoms with E-state index in [0.29, 0.717) is 0 Å². The van der Waals surface area contributed by atoms with E-state index in [9.17, 15) is 0 Å². The Morgan fingerprint density at radius 2 is 2.33 bits per heavy atom. The fourth-order valence-electron chi connectivity index (χ4n) is 1.74. The molecule has 0 saturated carbocycles. The maximum atomic E-state index is 4.55. The van der Waals surface area contributed by atoms with Crippen LogP contribution in [-0.2, 0) is 6.42 Å². The maximum Gasteiger partial charge on any atom is 0.151 e. The molecular weight excluding hydrogens is 254 g/mol. The number of halogens is 1. The molecule has 4 heteroatoms. The first-order valence-electron chi connectivity index (χ1n) is 5.00. The van der Waals surface area contributed by atoms with Crippen molar-refractivity contribution in [2.75, 3.05) is 13.6 Å².